The molecule has 1 saturated heterocycles. The van der Waals surface area contributed by atoms with Crippen LogP contribution in [0.25, 0.3) is 0 Å². The highest BCUT2D eigenvalue weighted by Crippen LogP contribution is 2.20. The van der Waals surface area contributed by atoms with E-state index in [9.17, 15) is 0 Å². The maximum atomic E-state index is 4.50. The highest BCUT2D eigenvalue weighted by Gasteiger charge is 2.18. The van der Waals surface area contributed by atoms with Crippen molar-refractivity contribution in [3.8, 4) is 0 Å². The first-order valence-electron chi connectivity index (χ1n) is 6.04. The summed E-state index contributed by atoms with van der Waals surface area (Å²) in [7, 11) is 0. The summed E-state index contributed by atoms with van der Waals surface area (Å²) in [4.78, 5) is 8.53. The molecule has 1 fully saturated rings. The summed E-state index contributed by atoms with van der Waals surface area (Å²) in [5.41, 5.74) is 1.23. The lowest BCUT2D eigenvalue weighted by atomic mass is 10.1. The Morgan fingerprint density at radius 2 is 2.06 bits per heavy atom. The molecule has 1 N–H and O–H groups in total. The second-order valence-electron chi connectivity index (χ2n) is 4.58. The number of nitrogens with one attached hydrogen (secondary N) is 1. The lowest BCUT2D eigenvalue weighted by Crippen LogP contribution is -2.48. The molecule has 1 aromatic rings. The smallest absolute Gasteiger partial charge is 0.0900 e. The molecule has 3 nitrogen and oxygen atoms in total. The number of rotatable bonds is 3. The Kier molecular flexibility index (Phi) is 3.95. The second kappa shape index (κ2) is 5.25. The summed E-state index contributed by atoms with van der Waals surface area (Å²) >= 11 is 1.85. The van der Waals surface area contributed by atoms with Crippen molar-refractivity contribution in [2.45, 2.75) is 33.2 Å². The normalized spacial score (nSPS) is 19.9. The van der Waals surface area contributed by atoms with E-state index >= 15 is 0 Å². The Morgan fingerprint density at radius 3 is 2.62 bits per heavy atom. The zero-order valence-electron chi connectivity index (χ0n) is 10.4. The van der Waals surface area contributed by atoms with Crippen molar-refractivity contribution >= 4 is 11.3 Å². The fraction of sp³-hybridized carbons (Fsp3) is 0.750. The molecule has 16 heavy (non-hydrogen) atoms. The standard InChI is InChI=1S/C12H21N3S/c1-9(15-6-4-13-5-7-15)8-12-10(2)14-11(3)16-12/h9,13H,4-8H2,1-3H3. The summed E-state index contributed by atoms with van der Waals surface area (Å²) in [6, 6.07) is 0.639. The molecular weight excluding hydrogens is 218 g/mol. The van der Waals surface area contributed by atoms with E-state index in [4.69, 9.17) is 0 Å². The summed E-state index contributed by atoms with van der Waals surface area (Å²) in [6.07, 6.45) is 1.15. The van der Waals surface area contributed by atoms with Crippen LogP contribution in [0.4, 0.5) is 0 Å². The van der Waals surface area contributed by atoms with Crippen LogP contribution in [0.15, 0.2) is 0 Å². The Balaban J connectivity index is 1.95. The SMILES string of the molecule is Cc1nc(C)c(CC(C)N2CCNCC2)s1. The first-order valence-corrected chi connectivity index (χ1v) is 6.86. The molecule has 0 amide bonds. The predicted octanol–water partition coefficient (Wildman–Crippen LogP) is 1.60. The summed E-state index contributed by atoms with van der Waals surface area (Å²) < 4.78 is 0. The van der Waals surface area contributed by atoms with Gasteiger partial charge in [0.2, 0.25) is 0 Å². The third-order valence-electron chi connectivity index (χ3n) is 3.26. The lowest BCUT2D eigenvalue weighted by Gasteiger charge is -2.32. The molecule has 1 aliphatic heterocycles. The molecule has 0 radical (unpaired) electrons. The average Bonchev–Trinajstić information content (AvgIpc) is 2.59. The van der Waals surface area contributed by atoms with E-state index in [1.807, 2.05) is 11.3 Å². The topological polar surface area (TPSA) is 28.2 Å². The molecular formula is C12H21N3S. The third kappa shape index (κ3) is 2.81. The van der Waals surface area contributed by atoms with Gasteiger partial charge in [-0.2, -0.15) is 0 Å². The van der Waals surface area contributed by atoms with Crippen molar-refractivity contribution in [2.24, 2.45) is 0 Å². The molecule has 0 spiro atoms. The van der Waals surface area contributed by atoms with Crippen LogP contribution in [0.5, 0.6) is 0 Å². The molecule has 1 aromatic heterocycles. The van der Waals surface area contributed by atoms with Gasteiger partial charge in [-0.25, -0.2) is 4.98 Å². The van der Waals surface area contributed by atoms with Gasteiger partial charge in [0.25, 0.3) is 0 Å². The van der Waals surface area contributed by atoms with E-state index in [1.165, 1.54) is 28.7 Å². The van der Waals surface area contributed by atoms with Gasteiger partial charge in [-0.3, -0.25) is 4.90 Å². The fourth-order valence-electron chi connectivity index (χ4n) is 2.28. The van der Waals surface area contributed by atoms with Crippen molar-refractivity contribution in [3.05, 3.63) is 15.6 Å². The molecule has 1 aliphatic rings. The zero-order valence-corrected chi connectivity index (χ0v) is 11.2. The highest BCUT2D eigenvalue weighted by molar-refractivity contribution is 7.11. The fourth-order valence-corrected chi connectivity index (χ4v) is 3.34. The molecule has 2 heterocycles. The van der Waals surface area contributed by atoms with Gasteiger partial charge >= 0.3 is 0 Å². The van der Waals surface area contributed by atoms with Gasteiger partial charge in [0, 0.05) is 37.1 Å². The number of hydrogen-bond donors (Lipinski definition) is 1. The minimum absolute atomic E-state index is 0.639. The van der Waals surface area contributed by atoms with Crippen LogP contribution in [0.2, 0.25) is 0 Å². The van der Waals surface area contributed by atoms with E-state index in [0.29, 0.717) is 6.04 Å². The molecule has 1 unspecified atom stereocenters. The Bertz CT molecular complexity index is 342. The van der Waals surface area contributed by atoms with Gasteiger partial charge in [0.1, 0.15) is 0 Å². The van der Waals surface area contributed by atoms with Crippen molar-refractivity contribution in [1.82, 2.24) is 15.2 Å². The summed E-state index contributed by atoms with van der Waals surface area (Å²) in [6.45, 7) is 11.2. The molecule has 0 bridgehead atoms. The third-order valence-corrected chi connectivity index (χ3v) is 4.35. The quantitative estimate of drug-likeness (QED) is 0.868. The molecule has 2 rings (SSSR count). The Morgan fingerprint density at radius 1 is 1.38 bits per heavy atom. The van der Waals surface area contributed by atoms with Crippen LogP contribution in [0, 0.1) is 13.8 Å². The maximum absolute atomic E-state index is 4.50. The van der Waals surface area contributed by atoms with E-state index < -0.39 is 0 Å². The predicted molar refractivity (Wildman–Crippen MR) is 69.2 cm³/mol. The van der Waals surface area contributed by atoms with E-state index in [-0.39, 0.29) is 0 Å². The van der Waals surface area contributed by atoms with E-state index in [1.54, 1.807) is 0 Å². The zero-order chi connectivity index (χ0) is 11.5. The minimum Gasteiger partial charge on any atom is -0.314 e. The van der Waals surface area contributed by atoms with Gasteiger partial charge in [-0.1, -0.05) is 0 Å². The van der Waals surface area contributed by atoms with Crippen LogP contribution >= 0.6 is 11.3 Å². The maximum Gasteiger partial charge on any atom is 0.0900 e. The van der Waals surface area contributed by atoms with Crippen molar-refractivity contribution in [1.29, 1.82) is 0 Å². The molecule has 1 atom stereocenters. The van der Waals surface area contributed by atoms with Crippen LogP contribution in [0.1, 0.15) is 22.5 Å². The summed E-state index contributed by atoms with van der Waals surface area (Å²) in [5, 5.41) is 4.59. The van der Waals surface area contributed by atoms with E-state index in [0.717, 1.165) is 19.5 Å². The molecule has 4 heteroatoms. The lowest BCUT2D eigenvalue weighted by molar-refractivity contribution is 0.184. The first-order chi connectivity index (χ1) is 7.66. The summed E-state index contributed by atoms with van der Waals surface area (Å²) in [5.74, 6) is 0. The van der Waals surface area contributed by atoms with Gasteiger partial charge in [-0.15, -0.1) is 11.3 Å². The Labute approximate surface area is 102 Å². The minimum atomic E-state index is 0.639. The Hall–Kier alpha value is -0.450. The molecule has 0 aliphatic carbocycles. The van der Waals surface area contributed by atoms with Crippen LogP contribution < -0.4 is 5.32 Å². The number of thiazole rings is 1. The van der Waals surface area contributed by atoms with Gasteiger partial charge in [0.05, 0.1) is 10.7 Å². The largest absolute Gasteiger partial charge is 0.314 e. The van der Waals surface area contributed by atoms with E-state index in [2.05, 4.69) is 36.0 Å². The van der Waals surface area contributed by atoms with Crippen molar-refractivity contribution < 1.29 is 0 Å². The molecule has 90 valence electrons. The van der Waals surface area contributed by atoms with Crippen LogP contribution in [-0.4, -0.2) is 42.1 Å². The number of aromatic nitrogens is 1. The number of hydrogen-bond acceptors (Lipinski definition) is 4. The number of nitrogens with zero attached hydrogens (tertiary/aromatic N) is 2. The number of piperazine rings is 1. The van der Waals surface area contributed by atoms with Crippen molar-refractivity contribution in [2.75, 3.05) is 26.2 Å². The highest BCUT2D eigenvalue weighted by atomic mass is 32.1. The monoisotopic (exact) mass is 239 g/mol. The van der Waals surface area contributed by atoms with Crippen molar-refractivity contribution in [3.63, 3.8) is 0 Å². The molecule has 0 saturated carbocycles. The van der Waals surface area contributed by atoms with Gasteiger partial charge < -0.3 is 5.32 Å². The van der Waals surface area contributed by atoms with Gasteiger partial charge in [-0.05, 0) is 27.2 Å². The van der Waals surface area contributed by atoms with Gasteiger partial charge in [0.15, 0.2) is 0 Å². The first kappa shape index (κ1) is 12.0. The second-order valence-corrected chi connectivity index (χ2v) is 5.87. The van der Waals surface area contributed by atoms with Crippen LogP contribution in [0.3, 0.4) is 0 Å². The number of aryl methyl sites for hydroxylation is 2. The average molecular weight is 239 g/mol. The van der Waals surface area contributed by atoms with Crippen LogP contribution in [-0.2, 0) is 6.42 Å². The molecule has 0 aromatic carbocycles.